The lowest BCUT2D eigenvalue weighted by Crippen LogP contribution is -2.23. The third kappa shape index (κ3) is 0.860. The molecular weight excluding hydrogens is 142 g/mol. The van der Waals surface area contributed by atoms with Crippen molar-refractivity contribution in [1.29, 1.82) is 0 Å². The van der Waals surface area contributed by atoms with Crippen molar-refractivity contribution in [3.05, 3.63) is 12.2 Å². The largest absolute Gasteiger partial charge is 0.392 e. The van der Waals surface area contributed by atoms with E-state index in [0.717, 1.165) is 18.7 Å². The standard InChI is InChI=1S/C7H11N3O/c1-5(11)7(2-3-7)6-8-4-9-10-6/h4-5,11H,2-3H2,1H3,(H,8,9,10). The molecule has 1 aromatic heterocycles. The van der Waals surface area contributed by atoms with Crippen LogP contribution in [0.25, 0.3) is 0 Å². The monoisotopic (exact) mass is 153 g/mol. The van der Waals surface area contributed by atoms with Gasteiger partial charge in [0.25, 0.3) is 0 Å². The molecule has 0 radical (unpaired) electrons. The summed E-state index contributed by atoms with van der Waals surface area (Å²) in [6, 6.07) is 0. The van der Waals surface area contributed by atoms with Gasteiger partial charge in [0, 0.05) is 0 Å². The Morgan fingerprint density at radius 2 is 2.45 bits per heavy atom. The Kier molecular flexibility index (Phi) is 1.26. The van der Waals surface area contributed by atoms with Gasteiger partial charge in [0.1, 0.15) is 12.2 Å². The van der Waals surface area contributed by atoms with Gasteiger partial charge >= 0.3 is 0 Å². The Morgan fingerprint density at radius 1 is 1.73 bits per heavy atom. The fourth-order valence-corrected chi connectivity index (χ4v) is 1.43. The van der Waals surface area contributed by atoms with Crippen LogP contribution in [0.2, 0.25) is 0 Å². The zero-order valence-corrected chi connectivity index (χ0v) is 6.41. The number of nitrogens with one attached hydrogen (secondary N) is 1. The van der Waals surface area contributed by atoms with E-state index in [2.05, 4.69) is 15.2 Å². The lowest BCUT2D eigenvalue weighted by Gasteiger charge is -2.14. The molecule has 1 aliphatic rings. The zero-order valence-electron chi connectivity index (χ0n) is 6.41. The molecule has 1 aliphatic carbocycles. The molecule has 0 aromatic carbocycles. The minimum Gasteiger partial charge on any atom is -0.392 e. The Morgan fingerprint density at radius 3 is 2.82 bits per heavy atom. The molecule has 1 heterocycles. The van der Waals surface area contributed by atoms with Crippen LogP contribution in [0.1, 0.15) is 25.6 Å². The summed E-state index contributed by atoms with van der Waals surface area (Å²) >= 11 is 0. The van der Waals surface area contributed by atoms with Crippen molar-refractivity contribution >= 4 is 0 Å². The van der Waals surface area contributed by atoms with Crippen molar-refractivity contribution < 1.29 is 5.11 Å². The molecule has 0 aliphatic heterocycles. The van der Waals surface area contributed by atoms with Gasteiger partial charge in [0.15, 0.2) is 0 Å². The zero-order chi connectivity index (χ0) is 7.90. The van der Waals surface area contributed by atoms with E-state index >= 15 is 0 Å². The lowest BCUT2D eigenvalue weighted by molar-refractivity contribution is 0.146. The molecule has 4 heteroatoms. The smallest absolute Gasteiger partial charge is 0.137 e. The van der Waals surface area contributed by atoms with Crippen molar-refractivity contribution in [2.75, 3.05) is 0 Å². The fraction of sp³-hybridized carbons (Fsp3) is 0.714. The summed E-state index contributed by atoms with van der Waals surface area (Å²) in [5.74, 6) is 0.826. The third-order valence-electron chi connectivity index (χ3n) is 2.48. The van der Waals surface area contributed by atoms with E-state index in [1.165, 1.54) is 6.33 Å². The van der Waals surface area contributed by atoms with E-state index in [1.54, 1.807) is 6.92 Å². The van der Waals surface area contributed by atoms with E-state index in [1.807, 2.05) is 0 Å². The Labute approximate surface area is 64.7 Å². The van der Waals surface area contributed by atoms with Gasteiger partial charge in [-0.3, -0.25) is 5.10 Å². The van der Waals surface area contributed by atoms with Crippen LogP contribution in [-0.2, 0) is 5.41 Å². The van der Waals surface area contributed by atoms with Gasteiger partial charge in [-0.15, -0.1) is 0 Å². The highest BCUT2D eigenvalue weighted by Crippen LogP contribution is 2.49. The second-order valence-corrected chi connectivity index (χ2v) is 3.17. The third-order valence-corrected chi connectivity index (χ3v) is 2.48. The maximum Gasteiger partial charge on any atom is 0.137 e. The number of hydrogen-bond donors (Lipinski definition) is 2. The van der Waals surface area contributed by atoms with Crippen LogP contribution in [0.15, 0.2) is 6.33 Å². The lowest BCUT2D eigenvalue weighted by atomic mass is 10.0. The number of hydrogen-bond acceptors (Lipinski definition) is 3. The van der Waals surface area contributed by atoms with Gasteiger partial charge in [0.2, 0.25) is 0 Å². The van der Waals surface area contributed by atoms with Crippen LogP contribution in [0.4, 0.5) is 0 Å². The van der Waals surface area contributed by atoms with Gasteiger partial charge in [-0.2, -0.15) is 5.10 Å². The predicted octanol–water partition coefficient (Wildman–Crippen LogP) is 0.217. The van der Waals surface area contributed by atoms with Crippen molar-refractivity contribution in [2.45, 2.75) is 31.3 Å². The van der Waals surface area contributed by atoms with Crippen molar-refractivity contribution in [3.63, 3.8) is 0 Å². The predicted molar refractivity (Wildman–Crippen MR) is 39.0 cm³/mol. The van der Waals surface area contributed by atoms with E-state index < -0.39 is 0 Å². The van der Waals surface area contributed by atoms with Crippen LogP contribution >= 0.6 is 0 Å². The van der Waals surface area contributed by atoms with Crippen molar-refractivity contribution in [1.82, 2.24) is 15.2 Å². The fourth-order valence-electron chi connectivity index (χ4n) is 1.43. The van der Waals surface area contributed by atoms with E-state index in [-0.39, 0.29) is 11.5 Å². The molecule has 2 N–H and O–H groups in total. The number of aromatic nitrogens is 3. The summed E-state index contributed by atoms with van der Waals surface area (Å²) in [5.41, 5.74) is -0.101. The highest BCUT2D eigenvalue weighted by molar-refractivity contribution is 5.19. The molecule has 0 amide bonds. The summed E-state index contributed by atoms with van der Waals surface area (Å²) in [6.07, 6.45) is 3.19. The van der Waals surface area contributed by atoms with Crippen LogP contribution in [-0.4, -0.2) is 26.4 Å². The molecule has 11 heavy (non-hydrogen) atoms. The number of aliphatic hydroxyl groups is 1. The van der Waals surface area contributed by atoms with Gasteiger partial charge in [-0.05, 0) is 19.8 Å². The molecule has 1 aromatic rings. The second kappa shape index (κ2) is 2.04. The van der Waals surface area contributed by atoms with Gasteiger partial charge in [-0.1, -0.05) is 0 Å². The maximum atomic E-state index is 9.43. The first-order valence-electron chi connectivity index (χ1n) is 3.79. The highest BCUT2D eigenvalue weighted by atomic mass is 16.3. The molecule has 0 saturated heterocycles. The molecule has 1 unspecified atom stereocenters. The van der Waals surface area contributed by atoms with Crippen LogP contribution in [0.5, 0.6) is 0 Å². The SMILES string of the molecule is CC(O)C1(c2ncn[nH]2)CC1. The first kappa shape index (κ1) is 6.79. The molecule has 60 valence electrons. The summed E-state index contributed by atoms with van der Waals surface area (Å²) in [4.78, 5) is 4.04. The summed E-state index contributed by atoms with van der Waals surface area (Å²) < 4.78 is 0. The highest BCUT2D eigenvalue weighted by Gasteiger charge is 2.50. The second-order valence-electron chi connectivity index (χ2n) is 3.17. The average Bonchev–Trinajstić information content (AvgIpc) is 2.61. The topological polar surface area (TPSA) is 61.8 Å². The average molecular weight is 153 g/mol. The number of aromatic amines is 1. The van der Waals surface area contributed by atoms with E-state index in [4.69, 9.17) is 0 Å². The number of aliphatic hydroxyl groups excluding tert-OH is 1. The number of nitrogens with zero attached hydrogens (tertiary/aromatic N) is 2. The summed E-state index contributed by atoms with van der Waals surface area (Å²) in [7, 11) is 0. The Hall–Kier alpha value is -0.900. The van der Waals surface area contributed by atoms with Crippen LogP contribution in [0.3, 0.4) is 0 Å². The number of H-pyrrole nitrogens is 1. The summed E-state index contributed by atoms with van der Waals surface area (Å²) in [5, 5.41) is 16.0. The van der Waals surface area contributed by atoms with Crippen LogP contribution < -0.4 is 0 Å². The maximum absolute atomic E-state index is 9.43. The van der Waals surface area contributed by atoms with Crippen molar-refractivity contribution in [2.24, 2.45) is 0 Å². The van der Waals surface area contributed by atoms with Gasteiger partial charge in [-0.25, -0.2) is 4.98 Å². The molecule has 2 rings (SSSR count). The molecule has 0 bridgehead atoms. The molecule has 4 nitrogen and oxygen atoms in total. The molecule has 1 saturated carbocycles. The van der Waals surface area contributed by atoms with Crippen molar-refractivity contribution in [3.8, 4) is 0 Å². The molecule has 0 spiro atoms. The molecular formula is C7H11N3O. The minimum absolute atomic E-state index is 0.101. The van der Waals surface area contributed by atoms with E-state index in [9.17, 15) is 5.11 Å². The molecule has 1 fully saturated rings. The number of rotatable bonds is 2. The first-order valence-corrected chi connectivity index (χ1v) is 3.79. The van der Waals surface area contributed by atoms with Gasteiger partial charge in [0.05, 0.1) is 11.5 Å². The van der Waals surface area contributed by atoms with Crippen LogP contribution in [0, 0.1) is 0 Å². The van der Waals surface area contributed by atoms with Gasteiger partial charge < -0.3 is 5.11 Å². The quantitative estimate of drug-likeness (QED) is 0.638. The molecule has 1 atom stereocenters. The normalized spacial score (nSPS) is 23.1. The Balaban J connectivity index is 2.29. The Bertz CT molecular complexity index is 238. The summed E-state index contributed by atoms with van der Waals surface area (Å²) in [6.45, 7) is 1.80. The first-order chi connectivity index (χ1) is 5.26. The van der Waals surface area contributed by atoms with E-state index in [0.29, 0.717) is 0 Å². The minimum atomic E-state index is -0.324.